The molecule has 0 heterocycles. The summed E-state index contributed by atoms with van der Waals surface area (Å²) in [4.78, 5) is 0. The van der Waals surface area contributed by atoms with Crippen molar-refractivity contribution in [1.82, 2.24) is 0 Å². The molecular formula is HILiO2PS. The van der Waals surface area contributed by atoms with E-state index in [1.807, 2.05) is 0 Å². The number of halogens is 1. The monoisotopic (exact) mass is 230 g/mol. The molecule has 6 heteroatoms. The van der Waals surface area contributed by atoms with Crippen LogP contribution in [0.2, 0.25) is 0 Å². The standard InChI is InChI=1S/IO2PS.Li.H/c1-5-4(2)3;;. The van der Waals surface area contributed by atoms with E-state index in [1.165, 1.54) is 0 Å². The average molecular weight is 230 g/mol. The summed E-state index contributed by atoms with van der Waals surface area (Å²) < 4.78 is 18.7. The number of hydrogen-bond acceptors (Lipinski definition) is 3. The van der Waals surface area contributed by atoms with Crippen molar-refractivity contribution in [2.45, 2.75) is 0 Å². The van der Waals surface area contributed by atoms with Crippen molar-refractivity contribution in [2.75, 3.05) is 0 Å². The Hall–Kier alpha value is 1.58. The van der Waals surface area contributed by atoms with Gasteiger partial charge in [0.1, 0.15) is 0 Å². The van der Waals surface area contributed by atoms with Gasteiger partial charge in [0.25, 0.3) is 0 Å². The molecule has 0 bridgehead atoms. The van der Waals surface area contributed by atoms with Gasteiger partial charge in [0, 0.05) is 29.8 Å². The Kier molecular flexibility index (Phi) is 11.6. The zero-order valence-electron chi connectivity index (χ0n) is 2.05. The molecule has 0 atom stereocenters. The molecule has 0 aromatic rings. The van der Waals surface area contributed by atoms with Crippen LogP contribution in [0.4, 0.5) is 0 Å². The average Bonchev–Trinajstić information content (AvgIpc) is 1.38. The van der Waals surface area contributed by atoms with Crippen LogP contribution in [0, 0.1) is 0 Å². The molecule has 0 amide bonds. The molecular weight excluding hydrogens is 229 g/mol. The van der Waals surface area contributed by atoms with Gasteiger partial charge in [0.2, 0.25) is 0 Å². The Morgan fingerprint density at radius 3 is 1.67 bits per heavy atom. The first-order valence-electron chi connectivity index (χ1n) is 0.702. The maximum atomic E-state index is 9.36. The van der Waals surface area contributed by atoms with Crippen LogP contribution >= 0.6 is 36.6 Å². The fraction of sp³-hybridized carbons (Fsp3) is 0. The van der Waals surface area contributed by atoms with Gasteiger partial charge in [-0.2, -0.15) is 0 Å². The minimum atomic E-state index is -2.19. The fourth-order valence-electron chi connectivity index (χ4n) is 0. The van der Waals surface area contributed by atoms with E-state index in [2.05, 4.69) is 0 Å². The second kappa shape index (κ2) is 6.58. The van der Waals surface area contributed by atoms with Crippen LogP contribution in [0.3, 0.4) is 0 Å². The predicted molar refractivity (Wildman–Crippen MR) is 37.1 cm³/mol. The SMILES string of the molecule is O=P(=O)SI.[LiH]. The van der Waals surface area contributed by atoms with E-state index in [4.69, 9.17) is 0 Å². The zero-order valence-corrected chi connectivity index (χ0v) is 5.92. The van der Waals surface area contributed by atoms with Crippen LogP contribution in [0.5, 0.6) is 0 Å². The van der Waals surface area contributed by atoms with Crippen LogP contribution in [-0.2, 0) is 9.13 Å². The van der Waals surface area contributed by atoms with Gasteiger partial charge in [-0.3, -0.25) is 0 Å². The van der Waals surface area contributed by atoms with Gasteiger partial charge in [-0.25, -0.2) is 9.13 Å². The van der Waals surface area contributed by atoms with Crippen molar-refractivity contribution < 1.29 is 9.13 Å². The van der Waals surface area contributed by atoms with Crippen LogP contribution in [0.1, 0.15) is 0 Å². The normalized spacial score (nSPS) is 6.17. The van der Waals surface area contributed by atoms with E-state index in [-0.39, 0.29) is 18.9 Å². The van der Waals surface area contributed by atoms with Crippen molar-refractivity contribution in [1.29, 1.82) is 0 Å². The molecule has 0 fully saturated rings. The van der Waals surface area contributed by atoms with Gasteiger partial charge >= 0.3 is 25.7 Å². The summed E-state index contributed by atoms with van der Waals surface area (Å²) in [6.45, 7) is -2.19. The van der Waals surface area contributed by atoms with Crippen LogP contribution in [-0.4, -0.2) is 18.9 Å². The van der Waals surface area contributed by atoms with E-state index in [1.54, 1.807) is 21.2 Å². The summed E-state index contributed by atoms with van der Waals surface area (Å²) in [6, 6.07) is 0. The molecule has 2 nitrogen and oxygen atoms in total. The van der Waals surface area contributed by atoms with Gasteiger partial charge in [0.05, 0.1) is 0 Å². The number of rotatable bonds is 1. The van der Waals surface area contributed by atoms with Crippen LogP contribution in [0.15, 0.2) is 0 Å². The molecule has 0 N–H and O–H groups in total. The Bertz CT molecular complexity index is 71.6. The molecule has 0 spiro atoms. The van der Waals surface area contributed by atoms with E-state index < -0.39 is 6.88 Å². The van der Waals surface area contributed by atoms with Gasteiger partial charge in [-0.1, -0.05) is 0 Å². The summed E-state index contributed by atoms with van der Waals surface area (Å²) in [5.41, 5.74) is 0. The molecule has 0 saturated carbocycles. The van der Waals surface area contributed by atoms with Gasteiger partial charge in [0.15, 0.2) is 0 Å². The molecule has 0 aromatic carbocycles. The summed E-state index contributed by atoms with van der Waals surface area (Å²) in [6.07, 6.45) is 0. The van der Waals surface area contributed by atoms with Gasteiger partial charge < -0.3 is 0 Å². The van der Waals surface area contributed by atoms with Crippen molar-refractivity contribution in [3.63, 3.8) is 0 Å². The fourth-order valence-corrected chi connectivity index (χ4v) is 0. The van der Waals surface area contributed by atoms with E-state index in [0.29, 0.717) is 0 Å². The summed E-state index contributed by atoms with van der Waals surface area (Å²) in [5.74, 6) is 0. The molecule has 0 unspecified atom stereocenters. The quantitative estimate of drug-likeness (QED) is 0.389. The van der Waals surface area contributed by atoms with E-state index in [0.717, 1.165) is 8.55 Å². The second-order valence-electron chi connectivity index (χ2n) is 0.293. The van der Waals surface area contributed by atoms with Crippen LogP contribution < -0.4 is 0 Å². The third-order valence-electron chi connectivity index (χ3n) is 0.0563. The Morgan fingerprint density at radius 1 is 1.50 bits per heavy atom. The Morgan fingerprint density at radius 2 is 1.67 bits per heavy atom. The Balaban J connectivity index is 0. The molecule has 32 valence electrons. The first-order valence-corrected chi connectivity index (χ1v) is 5.84. The topological polar surface area (TPSA) is 34.1 Å². The van der Waals surface area contributed by atoms with E-state index >= 15 is 0 Å². The third kappa shape index (κ3) is 9.13. The second-order valence-corrected chi connectivity index (χ2v) is 5.73. The molecule has 0 saturated heterocycles. The summed E-state index contributed by atoms with van der Waals surface area (Å²) in [7, 11) is 0.803. The van der Waals surface area contributed by atoms with Gasteiger partial charge in [-0.15, -0.1) is 0 Å². The molecule has 0 aliphatic heterocycles. The molecule has 0 aliphatic rings. The molecule has 0 aliphatic carbocycles. The van der Waals surface area contributed by atoms with Crippen molar-refractivity contribution in [3.8, 4) is 0 Å². The minimum absolute atomic E-state index is 0. The van der Waals surface area contributed by atoms with Crippen LogP contribution in [0.25, 0.3) is 0 Å². The Labute approximate surface area is 64.2 Å². The van der Waals surface area contributed by atoms with Crippen molar-refractivity contribution in [2.24, 2.45) is 0 Å². The summed E-state index contributed by atoms with van der Waals surface area (Å²) in [5, 5.41) is 0. The number of hydrogen-bond donors (Lipinski definition) is 0. The van der Waals surface area contributed by atoms with Crippen molar-refractivity contribution in [3.05, 3.63) is 0 Å². The first-order chi connectivity index (χ1) is 2.27. The molecule has 0 radical (unpaired) electrons. The predicted octanol–water partition coefficient (Wildman–Crippen LogP) is 1.51. The molecule has 0 rings (SSSR count). The van der Waals surface area contributed by atoms with Gasteiger partial charge in [-0.05, 0) is 0 Å². The summed E-state index contributed by atoms with van der Waals surface area (Å²) >= 11 is 1.70. The van der Waals surface area contributed by atoms with E-state index in [9.17, 15) is 9.13 Å². The van der Waals surface area contributed by atoms with Crippen molar-refractivity contribution >= 4 is 55.5 Å². The molecule has 6 heavy (non-hydrogen) atoms. The zero-order chi connectivity index (χ0) is 4.28. The first kappa shape index (κ1) is 10.5. The third-order valence-corrected chi connectivity index (χ3v) is 3.40. The molecule has 0 aromatic heterocycles. The maximum absolute atomic E-state index is 9.36.